The summed E-state index contributed by atoms with van der Waals surface area (Å²) in [5.41, 5.74) is 1.83. The molecule has 1 fully saturated rings. The van der Waals surface area contributed by atoms with E-state index in [0.717, 1.165) is 17.2 Å². The second-order valence-electron chi connectivity index (χ2n) is 5.56. The molecule has 5 nitrogen and oxygen atoms in total. The maximum Gasteiger partial charge on any atom is 0.253 e. The summed E-state index contributed by atoms with van der Waals surface area (Å²) in [6.07, 6.45) is 9.84. The smallest absolute Gasteiger partial charge is 0.253 e. The van der Waals surface area contributed by atoms with Crippen LogP contribution in [0.15, 0.2) is 36.7 Å². The number of pyridine rings is 1. The van der Waals surface area contributed by atoms with Gasteiger partial charge in [-0.1, -0.05) is 25.3 Å². The van der Waals surface area contributed by atoms with Crippen LogP contribution in [0, 0.1) is 0 Å². The number of aromatic nitrogens is 5. The van der Waals surface area contributed by atoms with Crippen molar-refractivity contribution in [1.82, 2.24) is 24.6 Å². The Labute approximate surface area is 123 Å². The Morgan fingerprint density at radius 2 is 1.86 bits per heavy atom. The van der Waals surface area contributed by atoms with Crippen LogP contribution < -0.4 is 0 Å². The Hall–Kier alpha value is -2.30. The molecule has 1 aliphatic rings. The fourth-order valence-electron chi connectivity index (χ4n) is 3.05. The van der Waals surface area contributed by atoms with Gasteiger partial charge < -0.3 is 0 Å². The molecule has 21 heavy (non-hydrogen) atoms. The first-order valence-electron chi connectivity index (χ1n) is 7.55. The number of fused-ring (bicyclic) bond motifs is 1. The van der Waals surface area contributed by atoms with Gasteiger partial charge in [0, 0.05) is 18.3 Å². The van der Waals surface area contributed by atoms with Gasteiger partial charge in [-0.25, -0.2) is 4.98 Å². The van der Waals surface area contributed by atoms with Crippen molar-refractivity contribution in [2.45, 2.75) is 38.0 Å². The predicted octanol–water partition coefficient (Wildman–Crippen LogP) is 3.23. The Bertz CT molecular complexity index is 744. The average molecular weight is 279 g/mol. The van der Waals surface area contributed by atoms with Crippen molar-refractivity contribution in [2.24, 2.45) is 0 Å². The Morgan fingerprint density at radius 3 is 2.67 bits per heavy atom. The van der Waals surface area contributed by atoms with Crippen LogP contribution in [0.4, 0.5) is 0 Å². The zero-order valence-corrected chi connectivity index (χ0v) is 11.8. The Kier molecular flexibility index (Phi) is 3.10. The summed E-state index contributed by atoms with van der Waals surface area (Å²) in [6, 6.07) is 7.82. The van der Waals surface area contributed by atoms with E-state index in [1.807, 2.05) is 28.8 Å². The van der Waals surface area contributed by atoms with Gasteiger partial charge in [0.15, 0.2) is 5.82 Å². The minimum atomic E-state index is 0.483. The van der Waals surface area contributed by atoms with Gasteiger partial charge in [0.1, 0.15) is 0 Å². The summed E-state index contributed by atoms with van der Waals surface area (Å²) in [7, 11) is 0. The SMILES string of the molecule is c1ccc(-c2ccnc3nc(C4CCCCC4)nn23)nc1. The molecule has 0 amide bonds. The zero-order chi connectivity index (χ0) is 14.1. The first kappa shape index (κ1) is 12.4. The van der Waals surface area contributed by atoms with E-state index in [1.54, 1.807) is 12.4 Å². The van der Waals surface area contributed by atoms with E-state index in [0.29, 0.717) is 11.7 Å². The lowest BCUT2D eigenvalue weighted by Crippen LogP contribution is -2.06. The molecule has 3 aromatic rings. The molecular formula is C16H17N5. The van der Waals surface area contributed by atoms with Crippen LogP contribution in [-0.2, 0) is 0 Å². The van der Waals surface area contributed by atoms with Crippen LogP contribution in [0.5, 0.6) is 0 Å². The van der Waals surface area contributed by atoms with E-state index in [9.17, 15) is 0 Å². The first-order valence-corrected chi connectivity index (χ1v) is 7.55. The third-order valence-corrected chi connectivity index (χ3v) is 4.15. The van der Waals surface area contributed by atoms with Crippen molar-refractivity contribution in [3.63, 3.8) is 0 Å². The second kappa shape index (κ2) is 5.24. The summed E-state index contributed by atoms with van der Waals surface area (Å²) in [4.78, 5) is 13.4. The Morgan fingerprint density at radius 1 is 0.952 bits per heavy atom. The summed E-state index contributed by atoms with van der Waals surface area (Å²) >= 11 is 0. The van der Waals surface area contributed by atoms with E-state index in [-0.39, 0.29) is 0 Å². The number of rotatable bonds is 2. The lowest BCUT2D eigenvalue weighted by molar-refractivity contribution is 0.429. The molecule has 106 valence electrons. The fourth-order valence-corrected chi connectivity index (χ4v) is 3.05. The lowest BCUT2D eigenvalue weighted by Gasteiger charge is -2.17. The molecule has 1 aliphatic carbocycles. The van der Waals surface area contributed by atoms with Gasteiger partial charge in [-0.15, -0.1) is 5.10 Å². The second-order valence-corrected chi connectivity index (χ2v) is 5.56. The fraction of sp³-hybridized carbons (Fsp3) is 0.375. The highest BCUT2D eigenvalue weighted by atomic mass is 15.3. The van der Waals surface area contributed by atoms with Crippen LogP contribution in [0.1, 0.15) is 43.8 Å². The Balaban J connectivity index is 1.80. The summed E-state index contributed by atoms with van der Waals surface area (Å²) in [5.74, 6) is 2.08. The van der Waals surface area contributed by atoms with Crippen molar-refractivity contribution in [1.29, 1.82) is 0 Å². The number of nitrogens with zero attached hydrogens (tertiary/aromatic N) is 5. The van der Waals surface area contributed by atoms with E-state index in [4.69, 9.17) is 5.10 Å². The highest BCUT2D eigenvalue weighted by Gasteiger charge is 2.21. The molecule has 4 rings (SSSR count). The molecule has 5 heteroatoms. The number of hydrogen-bond acceptors (Lipinski definition) is 4. The van der Waals surface area contributed by atoms with E-state index < -0.39 is 0 Å². The highest BCUT2D eigenvalue weighted by Crippen LogP contribution is 2.31. The molecule has 0 saturated heterocycles. The standard InChI is InChI=1S/C16H17N5/c1-2-6-12(7-3-1)15-19-16-18-11-9-14(21(16)20-15)13-8-4-5-10-17-13/h4-5,8-12H,1-3,6-7H2. The van der Waals surface area contributed by atoms with Gasteiger partial charge in [0.25, 0.3) is 5.78 Å². The average Bonchev–Trinajstić information content (AvgIpc) is 3.00. The molecule has 1 saturated carbocycles. The minimum absolute atomic E-state index is 0.483. The maximum absolute atomic E-state index is 4.72. The maximum atomic E-state index is 4.72. The van der Waals surface area contributed by atoms with Crippen molar-refractivity contribution in [3.8, 4) is 11.4 Å². The van der Waals surface area contributed by atoms with Gasteiger partial charge >= 0.3 is 0 Å². The van der Waals surface area contributed by atoms with Gasteiger partial charge in [-0.3, -0.25) is 4.98 Å². The quantitative estimate of drug-likeness (QED) is 0.722. The van der Waals surface area contributed by atoms with E-state index in [1.165, 1.54) is 32.1 Å². The van der Waals surface area contributed by atoms with Gasteiger partial charge in [0.2, 0.25) is 0 Å². The summed E-state index contributed by atoms with van der Waals surface area (Å²) < 4.78 is 1.83. The van der Waals surface area contributed by atoms with E-state index >= 15 is 0 Å². The third-order valence-electron chi connectivity index (χ3n) is 4.15. The molecule has 0 unspecified atom stereocenters. The monoisotopic (exact) mass is 279 g/mol. The minimum Gasteiger partial charge on any atom is -0.255 e. The molecule has 3 aromatic heterocycles. The van der Waals surface area contributed by atoms with Crippen molar-refractivity contribution in [3.05, 3.63) is 42.5 Å². The van der Waals surface area contributed by atoms with E-state index in [2.05, 4.69) is 15.0 Å². The van der Waals surface area contributed by atoms with Gasteiger partial charge in [0.05, 0.1) is 11.4 Å². The summed E-state index contributed by atoms with van der Waals surface area (Å²) in [6.45, 7) is 0. The zero-order valence-electron chi connectivity index (χ0n) is 11.8. The molecule has 3 heterocycles. The predicted molar refractivity (Wildman–Crippen MR) is 79.8 cm³/mol. The topological polar surface area (TPSA) is 56.0 Å². The third kappa shape index (κ3) is 2.28. The van der Waals surface area contributed by atoms with Crippen LogP contribution >= 0.6 is 0 Å². The van der Waals surface area contributed by atoms with Crippen LogP contribution in [0.3, 0.4) is 0 Å². The van der Waals surface area contributed by atoms with Crippen LogP contribution in [0.25, 0.3) is 17.2 Å². The first-order chi connectivity index (χ1) is 10.4. The van der Waals surface area contributed by atoms with Crippen molar-refractivity contribution < 1.29 is 0 Å². The van der Waals surface area contributed by atoms with Crippen LogP contribution in [-0.4, -0.2) is 24.6 Å². The molecule has 0 aliphatic heterocycles. The molecule has 0 N–H and O–H groups in total. The molecule has 0 radical (unpaired) electrons. The van der Waals surface area contributed by atoms with Gasteiger partial charge in [-0.2, -0.15) is 9.50 Å². The van der Waals surface area contributed by atoms with Crippen molar-refractivity contribution >= 4 is 5.78 Å². The van der Waals surface area contributed by atoms with Crippen molar-refractivity contribution in [2.75, 3.05) is 0 Å². The lowest BCUT2D eigenvalue weighted by atomic mass is 9.89. The largest absolute Gasteiger partial charge is 0.255 e. The molecular weight excluding hydrogens is 262 g/mol. The number of hydrogen-bond donors (Lipinski definition) is 0. The normalized spacial score (nSPS) is 16.4. The molecule has 0 spiro atoms. The van der Waals surface area contributed by atoms with Gasteiger partial charge in [-0.05, 0) is 31.0 Å². The molecule has 0 bridgehead atoms. The van der Waals surface area contributed by atoms with Crippen LogP contribution in [0.2, 0.25) is 0 Å². The highest BCUT2D eigenvalue weighted by molar-refractivity contribution is 5.56. The molecule has 0 atom stereocenters. The summed E-state index contributed by atoms with van der Waals surface area (Å²) in [5, 5.41) is 4.72. The molecule has 0 aromatic carbocycles.